The molecule has 0 aromatic heterocycles. The molecule has 1 heterocycles. The van der Waals surface area contributed by atoms with Crippen LogP contribution >= 0.6 is 12.4 Å². The zero-order valence-electron chi connectivity index (χ0n) is 15.1. The van der Waals surface area contributed by atoms with Crippen molar-refractivity contribution in [2.45, 2.75) is 32.0 Å². The summed E-state index contributed by atoms with van der Waals surface area (Å²) in [6.45, 7) is 3.55. The van der Waals surface area contributed by atoms with Crippen LogP contribution in [-0.2, 0) is 4.79 Å². The molecule has 1 aromatic carbocycles. The fourth-order valence-electron chi connectivity index (χ4n) is 3.30. The van der Waals surface area contributed by atoms with Gasteiger partial charge in [0.15, 0.2) is 0 Å². The monoisotopic (exact) mass is 393 g/mol. The Morgan fingerprint density at radius 3 is 2.42 bits per heavy atom. The highest BCUT2D eigenvalue weighted by molar-refractivity contribution is 5.85. The first-order valence-electron chi connectivity index (χ1n) is 8.53. The van der Waals surface area contributed by atoms with E-state index < -0.39 is 18.6 Å². The maximum Gasteiger partial charge on any atom is 0.406 e. The Bertz CT molecular complexity index is 569. The van der Waals surface area contributed by atoms with Crippen LogP contribution in [0, 0.1) is 5.92 Å². The number of nitrogens with two attached hydrogens (primary N) is 1. The first-order chi connectivity index (χ1) is 11.7. The molecule has 0 unspecified atom stereocenters. The summed E-state index contributed by atoms with van der Waals surface area (Å²) < 4.78 is 38.2. The second-order valence-corrected chi connectivity index (χ2v) is 7.16. The largest absolute Gasteiger partial charge is 0.406 e. The Labute approximate surface area is 158 Å². The Morgan fingerprint density at radius 2 is 1.88 bits per heavy atom. The van der Waals surface area contributed by atoms with Crippen molar-refractivity contribution in [2.24, 2.45) is 11.7 Å². The zero-order valence-corrected chi connectivity index (χ0v) is 15.9. The van der Waals surface area contributed by atoms with Crippen LogP contribution in [0.1, 0.15) is 25.3 Å². The highest BCUT2D eigenvalue weighted by Crippen LogP contribution is 2.26. The van der Waals surface area contributed by atoms with Crippen molar-refractivity contribution in [1.29, 1.82) is 0 Å². The standard InChI is InChI=1S/C18H26F3N3O.ClH/c1-13(2)8-24(12-18(19,20)21)17(25)11-23-9-15(16(22)10-23)14-6-4-3-5-7-14;/h3-7,13,15-16H,8-12,22H2,1-2H3;1H/t15-,16+;/m0./s1. The van der Waals surface area contributed by atoms with E-state index in [-0.39, 0.29) is 43.4 Å². The van der Waals surface area contributed by atoms with E-state index in [4.69, 9.17) is 5.73 Å². The van der Waals surface area contributed by atoms with Gasteiger partial charge in [-0.3, -0.25) is 9.69 Å². The van der Waals surface area contributed by atoms with E-state index in [2.05, 4.69) is 0 Å². The average Bonchev–Trinajstić information content (AvgIpc) is 2.86. The van der Waals surface area contributed by atoms with Gasteiger partial charge in [0.1, 0.15) is 6.54 Å². The van der Waals surface area contributed by atoms with Gasteiger partial charge in [-0.15, -0.1) is 12.4 Å². The molecule has 0 spiro atoms. The highest BCUT2D eigenvalue weighted by Gasteiger charge is 2.36. The number of amides is 1. The minimum atomic E-state index is -4.39. The molecule has 1 saturated heterocycles. The quantitative estimate of drug-likeness (QED) is 0.808. The van der Waals surface area contributed by atoms with Gasteiger partial charge in [-0.2, -0.15) is 13.2 Å². The average molecular weight is 394 g/mol. The number of alkyl halides is 3. The lowest BCUT2D eigenvalue weighted by atomic mass is 9.95. The predicted molar refractivity (Wildman–Crippen MR) is 98.3 cm³/mol. The summed E-state index contributed by atoms with van der Waals surface area (Å²) >= 11 is 0. The van der Waals surface area contributed by atoms with E-state index >= 15 is 0 Å². The van der Waals surface area contributed by atoms with Crippen molar-refractivity contribution in [1.82, 2.24) is 9.80 Å². The third-order valence-electron chi connectivity index (χ3n) is 4.34. The molecular weight excluding hydrogens is 367 g/mol. The fraction of sp³-hybridized carbons (Fsp3) is 0.611. The summed E-state index contributed by atoms with van der Waals surface area (Å²) in [6, 6.07) is 9.64. The molecule has 4 nitrogen and oxygen atoms in total. The highest BCUT2D eigenvalue weighted by atomic mass is 35.5. The van der Waals surface area contributed by atoms with Gasteiger partial charge in [-0.1, -0.05) is 44.2 Å². The van der Waals surface area contributed by atoms with Crippen LogP contribution in [0.3, 0.4) is 0 Å². The number of likely N-dealkylation sites (tertiary alicyclic amines) is 1. The number of hydrogen-bond donors (Lipinski definition) is 1. The molecule has 2 N–H and O–H groups in total. The topological polar surface area (TPSA) is 49.6 Å². The number of nitrogens with zero attached hydrogens (tertiary/aromatic N) is 2. The van der Waals surface area contributed by atoms with E-state index in [0.29, 0.717) is 13.1 Å². The van der Waals surface area contributed by atoms with Crippen LogP contribution < -0.4 is 5.73 Å². The van der Waals surface area contributed by atoms with E-state index in [1.807, 2.05) is 35.2 Å². The molecular formula is C18H27ClF3N3O. The van der Waals surface area contributed by atoms with E-state index in [0.717, 1.165) is 10.5 Å². The lowest BCUT2D eigenvalue weighted by molar-refractivity contribution is -0.162. The maximum atomic E-state index is 12.7. The molecule has 0 radical (unpaired) electrons. The van der Waals surface area contributed by atoms with Crippen LogP contribution in [0.2, 0.25) is 0 Å². The van der Waals surface area contributed by atoms with Crippen LogP contribution in [0.25, 0.3) is 0 Å². The van der Waals surface area contributed by atoms with Gasteiger partial charge in [0.2, 0.25) is 5.91 Å². The second kappa shape index (κ2) is 9.58. The predicted octanol–water partition coefficient (Wildman–Crippen LogP) is 2.88. The summed E-state index contributed by atoms with van der Waals surface area (Å²) in [7, 11) is 0. The number of carbonyl (C=O) groups excluding carboxylic acids is 1. The summed E-state index contributed by atoms with van der Waals surface area (Å²) in [5.41, 5.74) is 7.29. The van der Waals surface area contributed by atoms with E-state index in [9.17, 15) is 18.0 Å². The molecule has 0 bridgehead atoms. The lowest BCUT2D eigenvalue weighted by Crippen LogP contribution is -2.45. The number of halogens is 4. The molecule has 2 rings (SSSR count). The van der Waals surface area contributed by atoms with Crippen LogP contribution in [0.15, 0.2) is 30.3 Å². The summed E-state index contributed by atoms with van der Waals surface area (Å²) in [4.78, 5) is 15.2. The minimum absolute atomic E-state index is 0. The third kappa shape index (κ3) is 6.78. The Balaban J connectivity index is 0.00000338. The molecule has 0 saturated carbocycles. The first-order valence-corrected chi connectivity index (χ1v) is 8.53. The number of rotatable bonds is 6. The van der Waals surface area contributed by atoms with Gasteiger partial charge in [-0.05, 0) is 11.5 Å². The molecule has 26 heavy (non-hydrogen) atoms. The van der Waals surface area contributed by atoms with Crippen LogP contribution in [0.4, 0.5) is 13.2 Å². The molecule has 1 amide bonds. The van der Waals surface area contributed by atoms with Crippen LogP contribution in [0.5, 0.6) is 0 Å². The smallest absolute Gasteiger partial charge is 0.332 e. The van der Waals surface area contributed by atoms with Gasteiger partial charge < -0.3 is 10.6 Å². The summed E-state index contributed by atoms with van der Waals surface area (Å²) in [6.07, 6.45) is -4.39. The molecule has 0 aliphatic carbocycles. The molecule has 8 heteroatoms. The lowest BCUT2D eigenvalue weighted by Gasteiger charge is -2.27. The number of benzene rings is 1. The Morgan fingerprint density at radius 1 is 1.27 bits per heavy atom. The molecule has 1 fully saturated rings. The molecule has 1 aliphatic heterocycles. The Kier molecular flexibility index (Phi) is 8.37. The molecule has 148 valence electrons. The van der Waals surface area contributed by atoms with Crippen molar-refractivity contribution >= 4 is 18.3 Å². The van der Waals surface area contributed by atoms with Crippen molar-refractivity contribution in [3.63, 3.8) is 0 Å². The Hall–Kier alpha value is -1.31. The van der Waals surface area contributed by atoms with E-state index in [1.165, 1.54) is 0 Å². The van der Waals surface area contributed by atoms with Gasteiger partial charge >= 0.3 is 6.18 Å². The number of carbonyl (C=O) groups is 1. The van der Waals surface area contributed by atoms with Crippen molar-refractivity contribution in [2.75, 3.05) is 32.7 Å². The molecule has 1 aromatic rings. The van der Waals surface area contributed by atoms with Gasteiger partial charge in [0.25, 0.3) is 0 Å². The van der Waals surface area contributed by atoms with Gasteiger partial charge in [-0.25, -0.2) is 0 Å². The van der Waals surface area contributed by atoms with Crippen molar-refractivity contribution in [3.05, 3.63) is 35.9 Å². The fourth-order valence-corrected chi connectivity index (χ4v) is 3.30. The first kappa shape index (κ1) is 22.7. The maximum absolute atomic E-state index is 12.7. The van der Waals surface area contributed by atoms with Crippen LogP contribution in [-0.4, -0.2) is 60.6 Å². The normalized spacial score (nSPS) is 20.9. The van der Waals surface area contributed by atoms with Crippen molar-refractivity contribution in [3.8, 4) is 0 Å². The minimum Gasteiger partial charge on any atom is -0.332 e. The van der Waals surface area contributed by atoms with Gasteiger partial charge in [0.05, 0.1) is 6.54 Å². The van der Waals surface area contributed by atoms with E-state index in [1.54, 1.807) is 13.8 Å². The SMILES string of the molecule is CC(C)CN(CC(F)(F)F)C(=O)CN1C[C@@H](N)[C@H](c2ccccc2)C1.Cl. The second-order valence-electron chi connectivity index (χ2n) is 7.16. The molecule has 2 atom stereocenters. The number of hydrogen-bond acceptors (Lipinski definition) is 3. The molecule has 1 aliphatic rings. The van der Waals surface area contributed by atoms with Crippen molar-refractivity contribution < 1.29 is 18.0 Å². The zero-order chi connectivity index (χ0) is 18.6. The summed E-state index contributed by atoms with van der Waals surface area (Å²) in [5.74, 6) is -0.425. The van der Waals surface area contributed by atoms with Gasteiger partial charge in [0, 0.05) is 31.6 Å². The third-order valence-corrected chi connectivity index (χ3v) is 4.34. The summed E-state index contributed by atoms with van der Waals surface area (Å²) in [5, 5.41) is 0.